The Balaban J connectivity index is 1.72. The number of azo groups is 1. The van der Waals surface area contributed by atoms with Gasteiger partial charge in [-0.05, 0) is 73.5 Å². The van der Waals surface area contributed by atoms with E-state index in [4.69, 9.17) is 4.74 Å². The molecule has 27 heavy (non-hydrogen) atoms. The second kappa shape index (κ2) is 7.78. The van der Waals surface area contributed by atoms with Gasteiger partial charge in [0.15, 0.2) is 11.6 Å². The smallest absolute Gasteiger partial charge is 0.343 e. The Morgan fingerprint density at radius 3 is 2.15 bits per heavy atom. The summed E-state index contributed by atoms with van der Waals surface area (Å²) in [5.74, 6) is -1.14. The number of carbonyl (C=O) groups excluding carboxylic acids is 1. The number of nitrogens with zero attached hydrogens (tertiary/aromatic N) is 2. The van der Waals surface area contributed by atoms with Crippen molar-refractivity contribution in [3.8, 4) is 11.5 Å². The highest BCUT2D eigenvalue weighted by atomic mass is 19.1. The van der Waals surface area contributed by atoms with E-state index in [9.17, 15) is 14.3 Å². The van der Waals surface area contributed by atoms with Gasteiger partial charge >= 0.3 is 5.97 Å². The number of aryl methyl sites for hydroxylation is 2. The fraction of sp³-hybridized carbons (Fsp3) is 0.0952. The van der Waals surface area contributed by atoms with Gasteiger partial charge in [0.1, 0.15) is 5.75 Å². The summed E-state index contributed by atoms with van der Waals surface area (Å²) in [5, 5.41) is 18.0. The van der Waals surface area contributed by atoms with E-state index in [1.807, 2.05) is 0 Å². The second-order valence-corrected chi connectivity index (χ2v) is 5.99. The van der Waals surface area contributed by atoms with Gasteiger partial charge in [-0.25, -0.2) is 9.18 Å². The van der Waals surface area contributed by atoms with Gasteiger partial charge in [0.05, 0.1) is 16.9 Å². The molecule has 3 aromatic rings. The summed E-state index contributed by atoms with van der Waals surface area (Å²) in [5.41, 5.74) is 2.87. The molecule has 0 bridgehead atoms. The third kappa shape index (κ3) is 4.36. The van der Waals surface area contributed by atoms with Crippen molar-refractivity contribution < 1.29 is 19.0 Å². The molecule has 3 aromatic carbocycles. The molecule has 0 heterocycles. The number of phenolic OH excluding ortho intramolecular Hbond substituents is 1. The highest BCUT2D eigenvalue weighted by Gasteiger charge is 2.11. The first-order chi connectivity index (χ1) is 12.9. The zero-order valence-corrected chi connectivity index (χ0v) is 14.8. The van der Waals surface area contributed by atoms with Crippen LogP contribution in [-0.4, -0.2) is 11.1 Å². The lowest BCUT2D eigenvalue weighted by molar-refractivity contribution is 0.0728. The van der Waals surface area contributed by atoms with Crippen LogP contribution in [0, 0.1) is 19.7 Å². The number of ether oxygens (including phenoxy) is 1. The van der Waals surface area contributed by atoms with E-state index in [2.05, 4.69) is 10.2 Å². The summed E-state index contributed by atoms with van der Waals surface area (Å²) in [6.45, 7) is 3.58. The number of aromatic hydroxyl groups is 1. The minimum Gasteiger partial charge on any atom is -0.507 e. The van der Waals surface area contributed by atoms with Crippen LogP contribution in [0.5, 0.6) is 11.5 Å². The fourth-order valence-electron chi connectivity index (χ4n) is 2.46. The second-order valence-electron chi connectivity index (χ2n) is 5.99. The molecule has 0 aromatic heterocycles. The Morgan fingerprint density at radius 2 is 1.52 bits per heavy atom. The number of esters is 1. The van der Waals surface area contributed by atoms with E-state index in [0.717, 1.165) is 11.1 Å². The summed E-state index contributed by atoms with van der Waals surface area (Å²) in [6.07, 6.45) is 0. The molecule has 0 saturated carbocycles. The number of phenols is 1. The molecule has 0 fully saturated rings. The molecule has 3 rings (SSSR count). The Bertz CT molecular complexity index is 991. The summed E-state index contributed by atoms with van der Waals surface area (Å²) >= 11 is 0. The molecule has 1 N–H and O–H groups in total. The molecule has 6 heteroatoms. The van der Waals surface area contributed by atoms with Crippen LogP contribution in [0.1, 0.15) is 21.5 Å². The van der Waals surface area contributed by atoms with E-state index >= 15 is 0 Å². The minimum absolute atomic E-state index is 0.121. The normalized spacial score (nSPS) is 10.9. The first kappa shape index (κ1) is 18.3. The molecule has 0 aliphatic carbocycles. The van der Waals surface area contributed by atoms with Gasteiger partial charge in [-0.3, -0.25) is 0 Å². The Kier molecular flexibility index (Phi) is 5.26. The monoisotopic (exact) mass is 364 g/mol. The van der Waals surface area contributed by atoms with E-state index in [-0.39, 0.29) is 17.1 Å². The van der Waals surface area contributed by atoms with Crippen LogP contribution < -0.4 is 4.74 Å². The average Bonchev–Trinajstić information content (AvgIpc) is 2.66. The largest absolute Gasteiger partial charge is 0.507 e. The average molecular weight is 364 g/mol. The van der Waals surface area contributed by atoms with Gasteiger partial charge < -0.3 is 9.84 Å². The third-order valence-corrected chi connectivity index (χ3v) is 3.90. The molecule has 0 aliphatic rings. The standard InChI is InChI=1S/C21H17FN2O3/c1-13-11-17(12-14(2)20(13)25)24-23-16-9-7-15(8-10-16)21(26)27-19-6-4-3-5-18(19)22/h3-12,25H,1-2H3. The molecule has 0 amide bonds. The Morgan fingerprint density at radius 1 is 0.926 bits per heavy atom. The first-order valence-electron chi connectivity index (χ1n) is 8.23. The maximum absolute atomic E-state index is 13.6. The Labute approximate surface area is 155 Å². The third-order valence-electron chi connectivity index (χ3n) is 3.90. The molecular formula is C21H17FN2O3. The van der Waals surface area contributed by atoms with Crippen LogP contribution in [0.25, 0.3) is 0 Å². The van der Waals surface area contributed by atoms with Gasteiger partial charge in [-0.15, -0.1) is 0 Å². The van der Waals surface area contributed by atoms with Crippen LogP contribution in [0.4, 0.5) is 15.8 Å². The predicted molar refractivity (Wildman–Crippen MR) is 99.6 cm³/mol. The molecular weight excluding hydrogens is 347 g/mol. The maximum Gasteiger partial charge on any atom is 0.343 e. The van der Waals surface area contributed by atoms with Gasteiger partial charge in [-0.1, -0.05) is 12.1 Å². The maximum atomic E-state index is 13.6. The van der Waals surface area contributed by atoms with Gasteiger partial charge in [-0.2, -0.15) is 10.2 Å². The van der Waals surface area contributed by atoms with Crippen LogP contribution >= 0.6 is 0 Å². The minimum atomic E-state index is -0.659. The lowest BCUT2D eigenvalue weighted by Crippen LogP contribution is -2.09. The molecule has 0 spiro atoms. The number of hydrogen-bond acceptors (Lipinski definition) is 5. The van der Waals surface area contributed by atoms with Crippen LogP contribution in [0.15, 0.2) is 70.9 Å². The van der Waals surface area contributed by atoms with Crippen LogP contribution in [0.3, 0.4) is 0 Å². The van der Waals surface area contributed by atoms with Gasteiger partial charge in [0, 0.05) is 0 Å². The number of halogens is 1. The quantitative estimate of drug-likeness (QED) is 0.362. The number of rotatable bonds is 4. The van der Waals surface area contributed by atoms with E-state index in [1.165, 1.54) is 30.3 Å². The first-order valence-corrected chi connectivity index (χ1v) is 8.23. The van der Waals surface area contributed by atoms with Crippen molar-refractivity contribution in [2.45, 2.75) is 13.8 Å². The highest BCUT2D eigenvalue weighted by Crippen LogP contribution is 2.28. The van der Waals surface area contributed by atoms with Gasteiger partial charge in [0.25, 0.3) is 0 Å². The summed E-state index contributed by atoms with van der Waals surface area (Å²) < 4.78 is 18.6. The molecule has 0 radical (unpaired) electrons. The van der Waals surface area contributed by atoms with E-state index < -0.39 is 11.8 Å². The van der Waals surface area contributed by atoms with Crippen molar-refractivity contribution in [2.24, 2.45) is 10.2 Å². The van der Waals surface area contributed by atoms with Gasteiger partial charge in [0.2, 0.25) is 0 Å². The fourth-order valence-corrected chi connectivity index (χ4v) is 2.46. The number of benzene rings is 3. The van der Waals surface area contributed by atoms with Crippen molar-refractivity contribution in [3.63, 3.8) is 0 Å². The summed E-state index contributed by atoms with van der Waals surface area (Å²) in [6, 6.07) is 15.5. The van der Waals surface area contributed by atoms with Crippen molar-refractivity contribution in [1.29, 1.82) is 0 Å². The van der Waals surface area contributed by atoms with Crippen molar-refractivity contribution >= 4 is 17.3 Å². The lowest BCUT2D eigenvalue weighted by Gasteiger charge is -2.05. The zero-order chi connectivity index (χ0) is 19.4. The molecule has 0 saturated heterocycles. The van der Waals surface area contributed by atoms with Crippen LogP contribution in [0.2, 0.25) is 0 Å². The molecule has 0 aliphatic heterocycles. The lowest BCUT2D eigenvalue weighted by atomic mass is 10.1. The summed E-state index contributed by atoms with van der Waals surface area (Å²) in [7, 11) is 0. The molecule has 0 unspecified atom stereocenters. The molecule has 5 nitrogen and oxygen atoms in total. The number of hydrogen-bond donors (Lipinski definition) is 1. The van der Waals surface area contributed by atoms with Crippen molar-refractivity contribution in [2.75, 3.05) is 0 Å². The van der Waals surface area contributed by atoms with Crippen LogP contribution in [-0.2, 0) is 0 Å². The highest BCUT2D eigenvalue weighted by molar-refractivity contribution is 5.91. The molecule has 136 valence electrons. The van der Waals surface area contributed by atoms with Crippen molar-refractivity contribution in [3.05, 3.63) is 83.2 Å². The SMILES string of the molecule is Cc1cc(N=Nc2ccc(C(=O)Oc3ccccc3F)cc2)cc(C)c1O. The number of para-hydroxylation sites is 1. The number of carbonyl (C=O) groups is 1. The van der Waals surface area contributed by atoms with E-state index in [0.29, 0.717) is 11.4 Å². The van der Waals surface area contributed by atoms with Crippen molar-refractivity contribution in [1.82, 2.24) is 0 Å². The Hall–Kier alpha value is -3.54. The molecule has 0 atom stereocenters. The predicted octanol–water partition coefficient (Wildman–Crippen LogP) is 5.78. The summed E-state index contributed by atoms with van der Waals surface area (Å²) in [4.78, 5) is 12.1. The van der Waals surface area contributed by atoms with E-state index in [1.54, 1.807) is 44.2 Å². The zero-order valence-electron chi connectivity index (χ0n) is 14.8. The topological polar surface area (TPSA) is 71.2 Å².